The molecule has 2 rings (SSSR count). The Bertz CT molecular complexity index is 972. The third-order valence-corrected chi connectivity index (χ3v) is 3.29. The standard InChI is InChI=1S/2C11H13NO5.C3H8/c2*1-11(2,3)17-10(13)16-9-7-5-4-6-8(9)12(14)15;1-3-2/h2*4-7H,1-3H3;3H2,1-2H3. The molecule has 0 saturated carbocycles. The van der Waals surface area contributed by atoms with Crippen molar-refractivity contribution in [1.29, 1.82) is 0 Å². The Labute approximate surface area is 215 Å². The number of benzene rings is 2. The van der Waals surface area contributed by atoms with E-state index in [0.717, 1.165) is 0 Å². The second kappa shape index (κ2) is 15.0. The van der Waals surface area contributed by atoms with Gasteiger partial charge in [-0.25, -0.2) is 9.59 Å². The zero-order valence-electron chi connectivity index (χ0n) is 22.3. The SMILES string of the molecule is CC(C)(C)OC(=O)Oc1ccccc1[N+](=O)[O-].CC(C)(C)OC(=O)Oc1ccccc1[N+](=O)[O-].CCC. The van der Waals surface area contributed by atoms with Gasteiger partial charge in [-0.3, -0.25) is 20.2 Å². The molecule has 0 bridgehead atoms. The van der Waals surface area contributed by atoms with Gasteiger partial charge in [0, 0.05) is 12.1 Å². The summed E-state index contributed by atoms with van der Waals surface area (Å²) in [6, 6.07) is 11.2. The van der Waals surface area contributed by atoms with Gasteiger partial charge in [0.2, 0.25) is 11.5 Å². The molecule has 0 aromatic heterocycles. The van der Waals surface area contributed by atoms with Crippen molar-refractivity contribution in [3.63, 3.8) is 0 Å². The van der Waals surface area contributed by atoms with Crippen LogP contribution in [0.2, 0.25) is 0 Å². The molecule has 0 amide bonds. The fraction of sp³-hybridized carbons (Fsp3) is 0.440. The average Bonchev–Trinajstić information content (AvgIpc) is 2.72. The van der Waals surface area contributed by atoms with Gasteiger partial charge in [-0.05, 0) is 53.7 Å². The minimum absolute atomic E-state index is 0.133. The van der Waals surface area contributed by atoms with Crippen LogP contribution in [0.4, 0.5) is 21.0 Å². The molecule has 0 radical (unpaired) electrons. The number of carbonyl (C=O) groups excluding carboxylic acids is 2. The maximum atomic E-state index is 11.3. The lowest BCUT2D eigenvalue weighted by Crippen LogP contribution is -2.26. The van der Waals surface area contributed by atoms with Gasteiger partial charge in [-0.1, -0.05) is 44.5 Å². The molecule has 0 aliphatic rings. The second-order valence-electron chi connectivity index (χ2n) is 9.29. The minimum atomic E-state index is -0.966. The van der Waals surface area contributed by atoms with Crippen LogP contribution in [-0.4, -0.2) is 33.4 Å². The molecule has 0 aliphatic heterocycles. The molecule has 0 saturated heterocycles. The first-order valence-electron chi connectivity index (χ1n) is 11.3. The van der Waals surface area contributed by atoms with Crippen LogP contribution >= 0.6 is 0 Å². The smallest absolute Gasteiger partial charge is 0.428 e. The van der Waals surface area contributed by atoms with Gasteiger partial charge in [-0.15, -0.1) is 0 Å². The van der Waals surface area contributed by atoms with Gasteiger partial charge < -0.3 is 18.9 Å². The maximum Gasteiger partial charge on any atom is 0.514 e. The number of nitrogens with zero attached hydrogens (tertiary/aromatic N) is 2. The number of hydrogen-bond donors (Lipinski definition) is 0. The van der Waals surface area contributed by atoms with Crippen molar-refractivity contribution in [3.8, 4) is 11.5 Å². The van der Waals surface area contributed by atoms with Gasteiger partial charge in [0.15, 0.2) is 0 Å². The van der Waals surface area contributed by atoms with Crippen molar-refractivity contribution < 1.29 is 38.4 Å². The Balaban J connectivity index is 0.000000633. The minimum Gasteiger partial charge on any atom is -0.428 e. The van der Waals surface area contributed by atoms with E-state index >= 15 is 0 Å². The summed E-state index contributed by atoms with van der Waals surface area (Å²) in [6.07, 6.45) is -0.682. The van der Waals surface area contributed by atoms with Crippen molar-refractivity contribution in [2.45, 2.75) is 73.0 Å². The largest absolute Gasteiger partial charge is 0.514 e. The summed E-state index contributed by atoms with van der Waals surface area (Å²) in [4.78, 5) is 42.7. The zero-order chi connectivity index (χ0) is 28.8. The van der Waals surface area contributed by atoms with Crippen LogP contribution in [0, 0.1) is 20.2 Å². The van der Waals surface area contributed by atoms with Crippen LogP contribution < -0.4 is 9.47 Å². The van der Waals surface area contributed by atoms with Gasteiger partial charge >= 0.3 is 23.7 Å². The summed E-state index contributed by atoms with van der Waals surface area (Å²) in [5.74, 6) is -0.265. The molecule has 2 aromatic rings. The van der Waals surface area contributed by atoms with Crippen LogP contribution in [0.15, 0.2) is 48.5 Å². The highest BCUT2D eigenvalue weighted by Crippen LogP contribution is 2.27. The van der Waals surface area contributed by atoms with E-state index in [9.17, 15) is 29.8 Å². The Hall–Kier alpha value is -4.22. The fourth-order valence-corrected chi connectivity index (χ4v) is 2.11. The summed E-state index contributed by atoms with van der Waals surface area (Å²) in [7, 11) is 0. The number of ether oxygens (including phenoxy) is 4. The van der Waals surface area contributed by atoms with Crippen LogP contribution in [0.25, 0.3) is 0 Å². The van der Waals surface area contributed by atoms with E-state index in [1.54, 1.807) is 41.5 Å². The van der Waals surface area contributed by atoms with E-state index in [1.807, 2.05) is 0 Å². The molecular weight excluding hydrogens is 488 g/mol. The molecule has 0 aliphatic carbocycles. The summed E-state index contributed by atoms with van der Waals surface area (Å²) < 4.78 is 19.3. The average molecular weight is 523 g/mol. The normalized spacial score (nSPS) is 10.4. The van der Waals surface area contributed by atoms with Gasteiger partial charge in [0.25, 0.3) is 0 Å². The molecule has 37 heavy (non-hydrogen) atoms. The number of para-hydroxylation sites is 4. The predicted octanol–water partition coefficient (Wildman–Crippen LogP) is 7.23. The highest BCUT2D eigenvalue weighted by Gasteiger charge is 2.23. The number of nitro benzene ring substituents is 2. The van der Waals surface area contributed by atoms with Gasteiger partial charge in [-0.2, -0.15) is 0 Å². The van der Waals surface area contributed by atoms with E-state index in [2.05, 4.69) is 13.8 Å². The Morgan fingerprint density at radius 3 is 1.19 bits per heavy atom. The number of rotatable bonds is 4. The molecule has 0 spiro atoms. The first-order valence-corrected chi connectivity index (χ1v) is 11.3. The zero-order valence-corrected chi connectivity index (χ0v) is 22.3. The molecule has 0 atom stereocenters. The van der Waals surface area contributed by atoms with Crippen LogP contribution in [0.5, 0.6) is 11.5 Å². The molecule has 2 aromatic carbocycles. The van der Waals surface area contributed by atoms with Gasteiger partial charge in [0.1, 0.15) is 11.2 Å². The molecule has 12 heteroatoms. The van der Waals surface area contributed by atoms with Crippen LogP contribution in [-0.2, 0) is 9.47 Å². The third-order valence-electron chi connectivity index (χ3n) is 3.29. The number of nitro groups is 2. The second-order valence-corrected chi connectivity index (χ2v) is 9.29. The highest BCUT2D eigenvalue weighted by molar-refractivity contribution is 5.67. The monoisotopic (exact) mass is 522 g/mol. The number of carbonyl (C=O) groups is 2. The summed E-state index contributed by atoms with van der Waals surface area (Å²) >= 11 is 0. The van der Waals surface area contributed by atoms with E-state index in [1.165, 1.54) is 55.0 Å². The molecule has 0 heterocycles. The van der Waals surface area contributed by atoms with E-state index in [0.29, 0.717) is 0 Å². The van der Waals surface area contributed by atoms with Gasteiger partial charge in [0.05, 0.1) is 9.85 Å². The topological polar surface area (TPSA) is 157 Å². The van der Waals surface area contributed by atoms with Crippen molar-refractivity contribution in [3.05, 3.63) is 68.8 Å². The van der Waals surface area contributed by atoms with E-state index < -0.39 is 33.4 Å². The lowest BCUT2D eigenvalue weighted by molar-refractivity contribution is -0.385. The molecule has 0 unspecified atom stereocenters. The van der Waals surface area contributed by atoms with Crippen molar-refractivity contribution >= 4 is 23.7 Å². The summed E-state index contributed by atoms with van der Waals surface area (Å²) in [5, 5.41) is 21.3. The third kappa shape index (κ3) is 14.7. The molecule has 12 nitrogen and oxygen atoms in total. The lowest BCUT2D eigenvalue weighted by atomic mass is 10.2. The molecule has 204 valence electrons. The van der Waals surface area contributed by atoms with Crippen molar-refractivity contribution in [2.24, 2.45) is 0 Å². The first-order chi connectivity index (χ1) is 17.0. The van der Waals surface area contributed by atoms with E-state index in [4.69, 9.17) is 18.9 Å². The van der Waals surface area contributed by atoms with Crippen LogP contribution in [0.1, 0.15) is 61.8 Å². The van der Waals surface area contributed by atoms with Crippen molar-refractivity contribution in [2.75, 3.05) is 0 Å². The lowest BCUT2D eigenvalue weighted by Gasteiger charge is -2.18. The highest BCUT2D eigenvalue weighted by atomic mass is 16.7. The predicted molar refractivity (Wildman–Crippen MR) is 136 cm³/mol. The molecular formula is C25H34N2O10. The summed E-state index contributed by atoms with van der Waals surface area (Å²) in [5.41, 5.74) is -1.97. The summed E-state index contributed by atoms with van der Waals surface area (Å²) in [6.45, 7) is 14.3. The van der Waals surface area contributed by atoms with Crippen molar-refractivity contribution in [1.82, 2.24) is 0 Å². The molecule has 0 fully saturated rings. The Morgan fingerprint density at radius 2 is 0.946 bits per heavy atom. The quantitative estimate of drug-likeness (QED) is 0.173. The first kappa shape index (κ1) is 32.8. The fourth-order valence-electron chi connectivity index (χ4n) is 2.11. The Morgan fingerprint density at radius 1 is 0.676 bits per heavy atom. The Kier molecular flexibility index (Phi) is 13.3. The van der Waals surface area contributed by atoms with E-state index in [-0.39, 0.29) is 22.9 Å². The van der Waals surface area contributed by atoms with Crippen LogP contribution in [0.3, 0.4) is 0 Å². The number of hydrogen-bond acceptors (Lipinski definition) is 10. The maximum absolute atomic E-state index is 11.3. The molecule has 0 N–H and O–H groups in total.